The number of aliphatic hydroxyl groups is 1. The number of primary amides is 1. The number of ether oxygens (including phenoxy) is 3. The Kier molecular flexibility index (Phi) is 9.05. The molecule has 8 nitrogen and oxygen atoms in total. The van der Waals surface area contributed by atoms with Gasteiger partial charge in [-0.05, 0) is 23.8 Å². The summed E-state index contributed by atoms with van der Waals surface area (Å²) >= 11 is 0. The molecule has 0 spiro atoms. The van der Waals surface area contributed by atoms with Crippen LogP contribution in [-0.2, 0) is 6.54 Å². The monoisotopic (exact) mass is 451 g/mol. The Labute approximate surface area is 193 Å². The number of nitrogens with zero attached hydrogens (tertiary/aromatic N) is 2. The van der Waals surface area contributed by atoms with Crippen LogP contribution in [0.2, 0.25) is 0 Å². The molecule has 0 fully saturated rings. The van der Waals surface area contributed by atoms with E-state index in [2.05, 4.69) is 9.88 Å². The highest BCUT2D eigenvalue weighted by Gasteiger charge is 2.15. The Morgan fingerprint density at radius 3 is 2.42 bits per heavy atom. The lowest BCUT2D eigenvalue weighted by Crippen LogP contribution is -2.37. The van der Waals surface area contributed by atoms with Gasteiger partial charge < -0.3 is 25.1 Å². The van der Waals surface area contributed by atoms with Crippen molar-refractivity contribution in [3.8, 4) is 17.4 Å². The summed E-state index contributed by atoms with van der Waals surface area (Å²) < 4.78 is 16.8. The standard InChI is InChI=1S/C25H29N3O5/c1-31-22-9-5-6-10-23(22)33-18-21(29)17-28(16-19-7-3-2-4-8-19)13-14-32-24-12-11-20(15-27-24)25(26)30/h2-12,15,21,29H,13-14,16-18H2,1H3,(H2,26,30). The van der Waals surface area contributed by atoms with E-state index in [1.165, 1.54) is 6.20 Å². The molecule has 3 aromatic rings. The Bertz CT molecular complexity index is 998. The quantitative estimate of drug-likeness (QED) is 0.411. The average Bonchev–Trinajstić information content (AvgIpc) is 2.84. The van der Waals surface area contributed by atoms with Crippen LogP contribution < -0.4 is 19.9 Å². The molecular formula is C25H29N3O5. The zero-order valence-electron chi connectivity index (χ0n) is 18.6. The first-order valence-electron chi connectivity index (χ1n) is 10.6. The van der Waals surface area contributed by atoms with E-state index in [1.54, 1.807) is 25.3 Å². The van der Waals surface area contributed by atoms with Gasteiger partial charge in [0.25, 0.3) is 0 Å². The first kappa shape index (κ1) is 24.0. The van der Waals surface area contributed by atoms with Gasteiger partial charge in [0.05, 0.1) is 12.7 Å². The average molecular weight is 452 g/mol. The molecule has 1 aromatic heterocycles. The van der Waals surface area contributed by atoms with E-state index in [-0.39, 0.29) is 6.61 Å². The van der Waals surface area contributed by atoms with Gasteiger partial charge in [-0.15, -0.1) is 0 Å². The summed E-state index contributed by atoms with van der Waals surface area (Å²) in [5.74, 6) is 1.07. The topological polar surface area (TPSA) is 107 Å². The van der Waals surface area contributed by atoms with Gasteiger partial charge in [-0.1, -0.05) is 42.5 Å². The van der Waals surface area contributed by atoms with Crippen LogP contribution in [0.1, 0.15) is 15.9 Å². The van der Waals surface area contributed by atoms with Gasteiger partial charge in [0.15, 0.2) is 11.5 Å². The second-order valence-electron chi connectivity index (χ2n) is 7.43. The fourth-order valence-corrected chi connectivity index (χ4v) is 3.24. The molecule has 0 saturated heterocycles. The summed E-state index contributed by atoms with van der Waals surface area (Å²) in [6.45, 7) is 2.07. The van der Waals surface area contributed by atoms with Gasteiger partial charge in [0, 0.05) is 31.9 Å². The molecule has 0 saturated carbocycles. The van der Waals surface area contributed by atoms with Crippen LogP contribution in [0.4, 0.5) is 0 Å². The molecule has 33 heavy (non-hydrogen) atoms. The summed E-state index contributed by atoms with van der Waals surface area (Å²) in [5.41, 5.74) is 6.68. The van der Waals surface area contributed by atoms with E-state index in [9.17, 15) is 9.90 Å². The number of aliphatic hydroxyl groups excluding tert-OH is 1. The third-order valence-electron chi connectivity index (χ3n) is 4.90. The number of carbonyl (C=O) groups is 1. The largest absolute Gasteiger partial charge is 0.493 e. The maximum atomic E-state index is 11.2. The summed E-state index contributed by atoms with van der Waals surface area (Å²) in [7, 11) is 1.58. The third-order valence-corrected chi connectivity index (χ3v) is 4.90. The van der Waals surface area contributed by atoms with Crippen molar-refractivity contribution in [1.82, 2.24) is 9.88 Å². The Morgan fingerprint density at radius 1 is 1.03 bits per heavy atom. The number of para-hydroxylation sites is 2. The van der Waals surface area contributed by atoms with E-state index in [4.69, 9.17) is 19.9 Å². The Morgan fingerprint density at radius 2 is 1.76 bits per heavy atom. The highest BCUT2D eigenvalue weighted by atomic mass is 16.5. The lowest BCUT2D eigenvalue weighted by Gasteiger charge is -2.25. The van der Waals surface area contributed by atoms with Crippen LogP contribution in [-0.4, -0.2) is 60.4 Å². The number of aromatic nitrogens is 1. The lowest BCUT2D eigenvalue weighted by atomic mass is 10.2. The van der Waals surface area contributed by atoms with Crippen molar-refractivity contribution in [3.63, 3.8) is 0 Å². The van der Waals surface area contributed by atoms with Crippen molar-refractivity contribution in [2.75, 3.05) is 33.4 Å². The molecule has 3 rings (SSSR count). The minimum absolute atomic E-state index is 0.128. The highest BCUT2D eigenvalue weighted by molar-refractivity contribution is 5.92. The van der Waals surface area contributed by atoms with Crippen molar-refractivity contribution in [1.29, 1.82) is 0 Å². The van der Waals surface area contributed by atoms with Crippen LogP contribution in [0.5, 0.6) is 17.4 Å². The van der Waals surface area contributed by atoms with E-state index < -0.39 is 12.0 Å². The van der Waals surface area contributed by atoms with Crippen molar-refractivity contribution < 1.29 is 24.1 Å². The summed E-state index contributed by atoms with van der Waals surface area (Å²) in [6.07, 6.45) is 0.671. The number of amides is 1. The number of rotatable bonds is 13. The zero-order valence-corrected chi connectivity index (χ0v) is 18.6. The van der Waals surface area contributed by atoms with Crippen LogP contribution in [0, 0.1) is 0 Å². The molecule has 1 unspecified atom stereocenters. The van der Waals surface area contributed by atoms with Crippen molar-refractivity contribution in [2.45, 2.75) is 12.6 Å². The first-order valence-corrected chi connectivity index (χ1v) is 10.6. The molecule has 0 aliphatic heterocycles. The van der Waals surface area contributed by atoms with E-state index >= 15 is 0 Å². The van der Waals surface area contributed by atoms with Crippen molar-refractivity contribution >= 4 is 5.91 Å². The third kappa shape index (κ3) is 7.78. The van der Waals surface area contributed by atoms with Crippen LogP contribution in [0.15, 0.2) is 72.9 Å². The molecule has 174 valence electrons. The van der Waals surface area contributed by atoms with Crippen molar-refractivity contribution in [2.24, 2.45) is 5.73 Å². The molecule has 1 heterocycles. The molecule has 0 bridgehead atoms. The fraction of sp³-hybridized carbons (Fsp3) is 0.280. The maximum absolute atomic E-state index is 11.2. The molecule has 0 aliphatic carbocycles. The van der Waals surface area contributed by atoms with Gasteiger partial charge in [0.1, 0.15) is 19.3 Å². The Balaban J connectivity index is 1.55. The number of hydrogen-bond donors (Lipinski definition) is 2. The van der Waals surface area contributed by atoms with E-state index in [0.29, 0.717) is 49.2 Å². The zero-order chi connectivity index (χ0) is 23.5. The molecule has 0 aliphatic rings. The minimum atomic E-state index is -0.716. The van der Waals surface area contributed by atoms with Crippen LogP contribution in [0.3, 0.4) is 0 Å². The summed E-state index contributed by atoms with van der Waals surface area (Å²) in [5, 5.41) is 10.6. The number of pyridine rings is 1. The lowest BCUT2D eigenvalue weighted by molar-refractivity contribution is 0.0594. The summed E-state index contributed by atoms with van der Waals surface area (Å²) in [6, 6.07) is 20.5. The predicted octanol–water partition coefficient (Wildman–Crippen LogP) is 2.51. The predicted molar refractivity (Wildman–Crippen MR) is 124 cm³/mol. The van der Waals surface area contributed by atoms with E-state index in [0.717, 1.165) is 5.56 Å². The Hall–Kier alpha value is -3.62. The minimum Gasteiger partial charge on any atom is -0.493 e. The number of nitrogens with two attached hydrogens (primary N) is 1. The number of carbonyl (C=O) groups excluding carboxylic acids is 1. The molecule has 3 N–H and O–H groups in total. The second-order valence-corrected chi connectivity index (χ2v) is 7.43. The first-order chi connectivity index (χ1) is 16.0. The number of methoxy groups -OCH3 is 1. The molecular weight excluding hydrogens is 422 g/mol. The van der Waals surface area contributed by atoms with Gasteiger partial charge in [-0.3, -0.25) is 9.69 Å². The maximum Gasteiger partial charge on any atom is 0.250 e. The van der Waals surface area contributed by atoms with Gasteiger partial charge in [-0.25, -0.2) is 4.98 Å². The highest BCUT2D eigenvalue weighted by Crippen LogP contribution is 2.25. The fourth-order valence-electron chi connectivity index (χ4n) is 3.24. The summed E-state index contributed by atoms with van der Waals surface area (Å²) in [4.78, 5) is 17.4. The van der Waals surface area contributed by atoms with Gasteiger partial charge >= 0.3 is 0 Å². The molecule has 2 aromatic carbocycles. The van der Waals surface area contributed by atoms with Gasteiger partial charge in [0.2, 0.25) is 11.8 Å². The van der Waals surface area contributed by atoms with Gasteiger partial charge in [-0.2, -0.15) is 0 Å². The number of benzene rings is 2. The smallest absolute Gasteiger partial charge is 0.250 e. The van der Waals surface area contributed by atoms with Crippen LogP contribution >= 0.6 is 0 Å². The normalized spacial score (nSPS) is 11.7. The SMILES string of the molecule is COc1ccccc1OCC(O)CN(CCOc1ccc(C(N)=O)cn1)Cc1ccccc1. The molecule has 1 atom stereocenters. The molecule has 1 amide bonds. The molecule has 8 heteroatoms. The number of hydrogen-bond acceptors (Lipinski definition) is 7. The van der Waals surface area contributed by atoms with Crippen LogP contribution in [0.25, 0.3) is 0 Å². The molecule has 0 radical (unpaired) electrons. The second kappa shape index (κ2) is 12.4. The van der Waals surface area contributed by atoms with Crippen molar-refractivity contribution in [3.05, 3.63) is 84.1 Å². The van der Waals surface area contributed by atoms with E-state index in [1.807, 2.05) is 48.5 Å².